The second-order valence-corrected chi connectivity index (χ2v) is 6.62. The highest BCUT2D eigenvalue weighted by Gasteiger charge is 2.24. The van der Waals surface area contributed by atoms with Crippen LogP contribution in [-0.2, 0) is 9.59 Å². The lowest BCUT2D eigenvalue weighted by Crippen LogP contribution is -2.42. The molecule has 0 saturated heterocycles. The number of anilines is 1. The third-order valence-electron chi connectivity index (χ3n) is 4.08. The molecular weight excluding hydrogens is 306 g/mol. The maximum atomic E-state index is 12.8. The Morgan fingerprint density at radius 3 is 2.58 bits per heavy atom. The van der Waals surface area contributed by atoms with E-state index >= 15 is 0 Å². The van der Waals surface area contributed by atoms with E-state index in [2.05, 4.69) is 31.2 Å². The number of nitrogens with one attached hydrogen (secondary N) is 1. The molecule has 1 heterocycles. The van der Waals surface area contributed by atoms with Gasteiger partial charge in [0.2, 0.25) is 11.8 Å². The normalized spacial score (nSPS) is 12.2. The third-order valence-corrected chi connectivity index (χ3v) is 4.08. The van der Waals surface area contributed by atoms with Crippen LogP contribution in [0.3, 0.4) is 0 Å². The fraction of sp³-hybridized carbons (Fsp3) is 0.722. The number of hydrogen-bond donors (Lipinski definition) is 1. The smallest absolute Gasteiger partial charge is 0.245 e. The molecule has 2 amide bonds. The third kappa shape index (κ3) is 7.15. The standard InChI is InChI=1S/C18H31N3O3/c1-5-7-8-15(6-2)18(23)21(11-9-14(3)4)13-17(22)19-16-10-12-24-20-16/h10,12,14-15H,5-9,11,13H2,1-4H3,(H,19,20,22). The summed E-state index contributed by atoms with van der Waals surface area (Å²) < 4.78 is 4.70. The summed E-state index contributed by atoms with van der Waals surface area (Å²) in [4.78, 5) is 26.7. The van der Waals surface area contributed by atoms with E-state index in [1.54, 1.807) is 11.0 Å². The summed E-state index contributed by atoms with van der Waals surface area (Å²) in [5, 5.41) is 6.32. The Hall–Kier alpha value is -1.85. The van der Waals surface area contributed by atoms with Crippen molar-refractivity contribution in [2.24, 2.45) is 11.8 Å². The monoisotopic (exact) mass is 337 g/mol. The van der Waals surface area contributed by atoms with E-state index < -0.39 is 0 Å². The first-order valence-electron chi connectivity index (χ1n) is 8.96. The second-order valence-electron chi connectivity index (χ2n) is 6.62. The number of aromatic nitrogens is 1. The molecule has 1 N–H and O–H groups in total. The van der Waals surface area contributed by atoms with Crippen LogP contribution in [0.5, 0.6) is 0 Å². The topological polar surface area (TPSA) is 75.4 Å². The van der Waals surface area contributed by atoms with E-state index in [1.807, 2.05) is 6.92 Å². The van der Waals surface area contributed by atoms with Gasteiger partial charge in [-0.25, -0.2) is 0 Å². The van der Waals surface area contributed by atoms with Gasteiger partial charge in [0.05, 0.1) is 6.54 Å². The molecule has 0 bridgehead atoms. The van der Waals surface area contributed by atoms with Crippen molar-refractivity contribution in [1.82, 2.24) is 10.1 Å². The average molecular weight is 337 g/mol. The highest BCUT2D eigenvalue weighted by atomic mass is 16.5. The average Bonchev–Trinajstić information content (AvgIpc) is 3.04. The van der Waals surface area contributed by atoms with Crippen LogP contribution < -0.4 is 5.32 Å². The molecule has 0 aliphatic rings. The van der Waals surface area contributed by atoms with Crippen LogP contribution in [-0.4, -0.2) is 35.0 Å². The van der Waals surface area contributed by atoms with Gasteiger partial charge in [0, 0.05) is 18.5 Å². The number of carbonyl (C=O) groups excluding carboxylic acids is 2. The molecular formula is C18H31N3O3. The van der Waals surface area contributed by atoms with Gasteiger partial charge in [-0.3, -0.25) is 9.59 Å². The van der Waals surface area contributed by atoms with Crippen molar-refractivity contribution in [2.45, 2.75) is 59.8 Å². The van der Waals surface area contributed by atoms with Gasteiger partial charge in [0.15, 0.2) is 5.82 Å². The molecule has 1 rings (SSSR count). The Morgan fingerprint density at radius 1 is 1.29 bits per heavy atom. The van der Waals surface area contributed by atoms with Crippen LogP contribution >= 0.6 is 0 Å². The summed E-state index contributed by atoms with van der Waals surface area (Å²) in [6.45, 7) is 9.05. The zero-order valence-corrected chi connectivity index (χ0v) is 15.4. The summed E-state index contributed by atoms with van der Waals surface area (Å²) in [5.41, 5.74) is 0. The molecule has 0 fully saturated rings. The Bertz CT molecular complexity index is 486. The van der Waals surface area contributed by atoms with Crippen molar-refractivity contribution in [3.05, 3.63) is 12.3 Å². The van der Waals surface area contributed by atoms with Crippen molar-refractivity contribution >= 4 is 17.6 Å². The lowest BCUT2D eigenvalue weighted by atomic mass is 9.97. The molecule has 1 atom stereocenters. The molecule has 1 aromatic rings. The predicted octanol–water partition coefficient (Wildman–Crippen LogP) is 3.70. The molecule has 0 radical (unpaired) electrons. The van der Waals surface area contributed by atoms with E-state index in [1.165, 1.54) is 6.26 Å². The molecule has 1 unspecified atom stereocenters. The molecule has 24 heavy (non-hydrogen) atoms. The first-order valence-corrected chi connectivity index (χ1v) is 8.96. The van der Waals surface area contributed by atoms with Gasteiger partial charge >= 0.3 is 0 Å². The maximum absolute atomic E-state index is 12.8. The molecule has 0 aliphatic heterocycles. The van der Waals surface area contributed by atoms with Crippen LogP contribution in [0.1, 0.15) is 59.8 Å². The first-order chi connectivity index (χ1) is 11.5. The summed E-state index contributed by atoms with van der Waals surface area (Å²) >= 11 is 0. The lowest BCUT2D eigenvalue weighted by Gasteiger charge is -2.27. The van der Waals surface area contributed by atoms with Crippen LogP contribution in [0.2, 0.25) is 0 Å². The number of hydrogen-bond acceptors (Lipinski definition) is 4. The minimum absolute atomic E-state index is 0.00281. The first kappa shape index (κ1) is 20.2. The van der Waals surface area contributed by atoms with Gasteiger partial charge in [0.1, 0.15) is 6.26 Å². The SMILES string of the molecule is CCCCC(CC)C(=O)N(CCC(C)C)CC(=O)Nc1ccon1. The van der Waals surface area contributed by atoms with Gasteiger partial charge in [-0.15, -0.1) is 0 Å². The van der Waals surface area contributed by atoms with Crippen LogP contribution in [0.25, 0.3) is 0 Å². The Balaban J connectivity index is 2.70. The second kappa shape index (κ2) is 10.8. The van der Waals surface area contributed by atoms with Crippen LogP contribution in [0.15, 0.2) is 16.9 Å². The summed E-state index contributed by atoms with van der Waals surface area (Å²) in [5.74, 6) is 0.689. The minimum atomic E-state index is -0.244. The summed E-state index contributed by atoms with van der Waals surface area (Å²) in [7, 11) is 0. The van der Waals surface area contributed by atoms with E-state index in [9.17, 15) is 9.59 Å². The van der Waals surface area contributed by atoms with Gasteiger partial charge in [-0.05, 0) is 25.2 Å². The minimum Gasteiger partial charge on any atom is -0.363 e. The van der Waals surface area contributed by atoms with Gasteiger partial charge < -0.3 is 14.7 Å². The maximum Gasteiger partial charge on any atom is 0.245 e. The van der Waals surface area contributed by atoms with E-state index in [0.29, 0.717) is 18.3 Å². The highest BCUT2D eigenvalue weighted by molar-refractivity contribution is 5.94. The van der Waals surface area contributed by atoms with Crippen LogP contribution in [0.4, 0.5) is 5.82 Å². The van der Waals surface area contributed by atoms with Crippen molar-refractivity contribution in [3.8, 4) is 0 Å². The largest absolute Gasteiger partial charge is 0.363 e. The fourth-order valence-corrected chi connectivity index (χ4v) is 2.52. The Labute approximate surface area is 145 Å². The van der Waals surface area contributed by atoms with Crippen LogP contribution in [0, 0.1) is 11.8 Å². The van der Waals surface area contributed by atoms with E-state index in [0.717, 1.165) is 32.1 Å². The lowest BCUT2D eigenvalue weighted by molar-refractivity contribution is -0.139. The number of nitrogens with zero attached hydrogens (tertiary/aromatic N) is 2. The summed E-state index contributed by atoms with van der Waals surface area (Å²) in [6, 6.07) is 1.58. The molecule has 6 nitrogen and oxygen atoms in total. The van der Waals surface area contributed by atoms with Gasteiger partial charge in [-0.2, -0.15) is 0 Å². The predicted molar refractivity (Wildman–Crippen MR) is 94.5 cm³/mol. The molecule has 1 aromatic heterocycles. The molecule has 0 saturated carbocycles. The molecule has 0 spiro atoms. The van der Waals surface area contributed by atoms with E-state index in [4.69, 9.17) is 4.52 Å². The fourth-order valence-electron chi connectivity index (χ4n) is 2.52. The van der Waals surface area contributed by atoms with Crippen molar-refractivity contribution in [3.63, 3.8) is 0 Å². The van der Waals surface area contributed by atoms with Gasteiger partial charge in [-0.1, -0.05) is 45.7 Å². The van der Waals surface area contributed by atoms with Crippen molar-refractivity contribution < 1.29 is 14.1 Å². The number of unbranched alkanes of at least 4 members (excludes halogenated alkanes) is 1. The summed E-state index contributed by atoms with van der Waals surface area (Å²) in [6.07, 6.45) is 6.08. The van der Waals surface area contributed by atoms with Gasteiger partial charge in [0.25, 0.3) is 0 Å². The Morgan fingerprint density at radius 2 is 2.04 bits per heavy atom. The van der Waals surface area contributed by atoms with Crippen molar-refractivity contribution in [1.29, 1.82) is 0 Å². The zero-order valence-electron chi connectivity index (χ0n) is 15.4. The molecule has 136 valence electrons. The quantitative estimate of drug-likeness (QED) is 0.668. The Kier molecular flexibility index (Phi) is 9.12. The molecule has 0 aliphatic carbocycles. The zero-order chi connectivity index (χ0) is 17.9. The number of carbonyl (C=O) groups is 2. The van der Waals surface area contributed by atoms with E-state index in [-0.39, 0.29) is 24.3 Å². The van der Waals surface area contributed by atoms with Crippen molar-refractivity contribution in [2.75, 3.05) is 18.4 Å². The molecule has 6 heteroatoms. The number of amides is 2. The number of rotatable bonds is 11. The highest BCUT2D eigenvalue weighted by Crippen LogP contribution is 2.17. The molecule has 0 aromatic carbocycles.